The summed E-state index contributed by atoms with van der Waals surface area (Å²) >= 11 is 0. The van der Waals surface area contributed by atoms with Crippen LogP contribution in [-0.4, -0.2) is 9.78 Å². The lowest BCUT2D eigenvalue weighted by atomic mass is 10.1. The Kier molecular flexibility index (Phi) is 2.81. The summed E-state index contributed by atoms with van der Waals surface area (Å²) in [6.07, 6.45) is 4.76. The average molecular weight is 204 g/mol. The smallest absolute Gasteiger partial charge is 0.123 e. The number of nitrogens with zero attached hydrogens (tertiary/aromatic N) is 2. The predicted molar refractivity (Wildman–Crippen MR) is 57.9 cm³/mol. The van der Waals surface area contributed by atoms with Gasteiger partial charge in [0.15, 0.2) is 0 Å². The summed E-state index contributed by atoms with van der Waals surface area (Å²) in [5.41, 5.74) is 1.83. The van der Waals surface area contributed by atoms with Crippen molar-refractivity contribution in [1.29, 1.82) is 0 Å². The predicted octanol–water partition coefficient (Wildman–Crippen LogP) is 3.10. The van der Waals surface area contributed by atoms with E-state index >= 15 is 0 Å². The van der Waals surface area contributed by atoms with Gasteiger partial charge in [-0.15, -0.1) is 0 Å². The van der Waals surface area contributed by atoms with Crippen LogP contribution in [0.15, 0.2) is 36.7 Å². The lowest BCUT2D eigenvalue weighted by Crippen LogP contribution is -1.95. The zero-order valence-electron chi connectivity index (χ0n) is 8.65. The molecule has 0 aliphatic heterocycles. The molecule has 0 aliphatic rings. The normalized spacial score (nSPS) is 10.5. The van der Waals surface area contributed by atoms with Crippen molar-refractivity contribution in [3.8, 4) is 11.1 Å². The molecule has 3 heteroatoms. The molecule has 2 nitrogen and oxygen atoms in total. The maximum atomic E-state index is 13.0. The third-order valence-electron chi connectivity index (χ3n) is 2.24. The summed E-state index contributed by atoms with van der Waals surface area (Å²) in [7, 11) is 0. The van der Waals surface area contributed by atoms with Gasteiger partial charge < -0.3 is 0 Å². The molecule has 0 aliphatic carbocycles. The van der Waals surface area contributed by atoms with E-state index in [0.717, 1.165) is 24.1 Å². The Hall–Kier alpha value is -1.64. The molecule has 0 amide bonds. The summed E-state index contributed by atoms with van der Waals surface area (Å²) in [5, 5.41) is 4.21. The molecular weight excluding hydrogens is 191 g/mol. The van der Waals surface area contributed by atoms with Gasteiger partial charge in [-0.05, 0) is 24.1 Å². The minimum Gasteiger partial charge on any atom is -0.272 e. The highest BCUT2D eigenvalue weighted by Crippen LogP contribution is 2.19. The minimum absolute atomic E-state index is 0.212. The Bertz CT molecular complexity index is 448. The van der Waals surface area contributed by atoms with Crippen molar-refractivity contribution in [3.63, 3.8) is 0 Å². The molecule has 1 aromatic carbocycles. The fourth-order valence-corrected chi connectivity index (χ4v) is 1.53. The van der Waals surface area contributed by atoms with Crippen molar-refractivity contribution in [1.82, 2.24) is 9.78 Å². The van der Waals surface area contributed by atoms with E-state index in [1.54, 1.807) is 12.3 Å². The van der Waals surface area contributed by atoms with Crippen LogP contribution in [0.25, 0.3) is 11.1 Å². The van der Waals surface area contributed by atoms with Crippen LogP contribution >= 0.6 is 0 Å². The third kappa shape index (κ3) is 2.24. The summed E-state index contributed by atoms with van der Waals surface area (Å²) < 4.78 is 14.9. The van der Waals surface area contributed by atoms with E-state index in [4.69, 9.17) is 0 Å². The average Bonchev–Trinajstić information content (AvgIpc) is 2.67. The molecule has 0 unspecified atom stereocenters. The van der Waals surface area contributed by atoms with Gasteiger partial charge in [-0.25, -0.2) is 4.39 Å². The van der Waals surface area contributed by atoms with E-state index in [2.05, 4.69) is 12.0 Å². The maximum Gasteiger partial charge on any atom is 0.123 e. The third-order valence-corrected chi connectivity index (χ3v) is 2.24. The molecule has 0 radical (unpaired) electrons. The first-order valence-corrected chi connectivity index (χ1v) is 5.08. The summed E-state index contributed by atoms with van der Waals surface area (Å²) in [5.74, 6) is -0.212. The van der Waals surface area contributed by atoms with Crippen LogP contribution in [0.2, 0.25) is 0 Å². The molecule has 1 aromatic heterocycles. The van der Waals surface area contributed by atoms with Gasteiger partial charge in [-0.1, -0.05) is 19.1 Å². The molecule has 0 saturated heterocycles. The zero-order valence-corrected chi connectivity index (χ0v) is 8.65. The van der Waals surface area contributed by atoms with Gasteiger partial charge in [0.05, 0.1) is 6.20 Å². The fraction of sp³-hybridized carbons (Fsp3) is 0.250. The molecule has 1 heterocycles. The van der Waals surface area contributed by atoms with Crippen molar-refractivity contribution in [2.24, 2.45) is 0 Å². The molecule has 0 spiro atoms. The van der Waals surface area contributed by atoms with Crippen LogP contribution in [-0.2, 0) is 6.54 Å². The van der Waals surface area contributed by atoms with Gasteiger partial charge in [0.1, 0.15) is 5.82 Å². The lowest BCUT2D eigenvalue weighted by Gasteiger charge is -1.97. The molecule has 0 N–H and O–H groups in total. The topological polar surface area (TPSA) is 17.8 Å². The highest BCUT2D eigenvalue weighted by Gasteiger charge is 2.01. The minimum atomic E-state index is -0.212. The van der Waals surface area contributed by atoms with Gasteiger partial charge in [-0.3, -0.25) is 4.68 Å². The number of benzene rings is 1. The number of rotatable bonds is 3. The molecule has 0 bridgehead atoms. The highest BCUT2D eigenvalue weighted by molar-refractivity contribution is 5.61. The first-order chi connectivity index (χ1) is 7.29. The van der Waals surface area contributed by atoms with E-state index in [1.165, 1.54) is 12.1 Å². The molecule has 0 atom stereocenters. The van der Waals surface area contributed by atoms with Crippen LogP contribution in [0, 0.1) is 5.82 Å². The standard InChI is InChI=1S/C12H13FN2/c1-2-6-15-9-11(8-14-15)10-4-3-5-12(13)7-10/h3-5,7-9H,2,6H2,1H3. The first-order valence-electron chi connectivity index (χ1n) is 5.08. The Morgan fingerprint density at radius 2 is 2.20 bits per heavy atom. The summed E-state index contributed by atoms with van der Waals surface area (Å²) in [6.45, 7) is 3.00. The number of aromatic nitrogens is 2. The van der Waals surface area contributed by atoms with Crippen LogP contribution in [0.5, 0.6) is 0 Å². The highest BCUT2D eigenvalue weighted by atomic mass is 19.1. The lowest BCUT2D eigenvalue weighted by molar-refractivity contribution is 0.603. The number of hydrogen-bond acceptors (Lipinski definition) is 1. The van der Waals surface area contributed by atoms with Gasteiger partial charge in [-0.2, -0.15) is 5.10 Å². The number of halogens is 1. The van der Waals surface area contributed by atoms with Crippen molar-refractivity contribution in [2.75, 3.05) is 0 Å². The van der Waals surface area contributed by atoms with Gasteiger partial charge in [0.25, 0.3) is 0 Å². The molecule has 15 heavy (non-hydrogen) atoms. The van der Waals surface area contributed by atoms with E-state index in [0.29, 0.717) is 0 Å². The Morgan fingerprint density at radius 3 is 2.93 bits per heavy atom. The maximum absolute atomic E-state index is 13.0. The van der Waals surface area contributed by atoms with Gasteiger partial charge in [0.2, 0.25) is 0 Å². The van der Waals surface area contributed by atoms with Crippen LogP contribution in [0.1, 0.15) is 13.3 Å². The Labute approximate surface area is 88.4 Å². The van der Waals surface area contributed by atoms with E-state index in [-0.39, 0.29) is 5.82 Å². The van der Waals surface area contributed by atoms with Crippen LogP contribution in [0.4, 0.5) is 4.39 Å². The molecular formula is C12H13FN2. The molecule has 0 fully saturated rings. The SMILES string of the molecule is CCCn1cc(-c2cccc(F)c2)cn1. The van der Waals surface area contributed by atoms with Crippen molar-refractivity contribution in [3.05, 3.63) is 42.5 Å². The second-order valence-corrected chi connectivity index (χ2v) is 3.50. The van der Waals surface area contributed by atoms with E-state index < -0.39 is 0 Å². The van der Waals surface area contributed by atoms with Crippen LogP contribution < -0.4 is 0 Å². The second-order valence-electron chi connectivity index (χ2n) is 3.50. The fourth-order valence-electron chi connectivity index (χ4n) is 1.53. The Balaban J connectivity index is 2.29. The molecule has 78 valence electrons. The monoisotopic (exact) mass is 204 g/mol. The number of aryl methyl sites for hydroxylation is 1. The second kappa shape index (κ2) is 4.26. The quantitative estimate of drug-likeness (QED) is 0.751. The molecule has 2 rings (SSSR count). The number of hydrogen-bond donors (Lipinski definition) is 0. The Morgan fingerprint density at radius 1 is 1.33 bits per heavy atom. The van der Waals surface area contributed by atoms with E-state index in [9.17, 15) is 4.39 Å². The molecule has 2 aromatic rings. The van der Waals surface area contributed by atoms with E-state index in [1.807, 2.05) is 16.9 Å². The summed E-state index contributed by atoms with van der Waals surface area (Å²) in [6, 6.07) is 6.56. The summed E-state index contributed by atoms with van der Waals surface area (Å²) in [4.78, 5) is 0. The van der Waals surface area contributed by atoms with Crippen molar-refractivity contribution >= 4 is 0 Å². The van der Waals surface area contributed by atoms with Gasteiger partial charge >= 0.3 is 0 Å². The van der Waals surface area contributed by atoms with Crippen molar-refractivity contribution in [2.45, 2.75) is 19.9 Å². The zero-order chi connectivity index (χ0) is 10.7. The largest absolute Gasteiger partial charge is 0.272 e. The van der Waals surface area contributed by atoms with Crippen molar-refractivity contribution < 1.29 is 4.39 Å². The van der Waals surface area contributed by atoms with Crippen LogP contribution in [0.3, 0.4) is 0 Å². The molecule has 0 saturated carbocycles. The van der Waals surface area contributed by atoms with Gasteiger partial charge in [0, 0.05) is 18.3 Å². The first kappa shape index (κ1) is 9.90.